The molecule has 0 atom stereocenters. The molecule has 0 aliphatic heterocycles. The van der Waals surface area contributed by atoms with E-state index in [-0.39, 0.29) is 0 Å². The molecule has 0 amide bonds. The van der Waals surface area contributed by atoms with Crippen molar-refractivity contribution in [2.24, 2.45) is 0 Å². The molecule has 0 fully saturated rings. The van der Waals surface area contributed by atoms with E-state index in [4.69, 9.17) is 0 Å². The molecule has 22 heavy (non-hydrogen) atoms. The van der Waals surface area contributed by atoms with E-state index in [1.54, 1.807) is 0 Å². The second-order valence-electron chi connectivity index (χ2n) is 5.46. The molecule has 116 valence electrons. The van der Waals surface area contributed by atoms with Gasteiger partial charge in [0.15, 0.2) is 0 Å². The van der Waals surface area contributed by atoms with Crippen molar-refractivity contribution < 1.29 is 0 Å². The molecule has 0 unspecified atom stereocenters. The van der Waals surface area contributed by atoms with Crippen LogP contribution >= 0.6 is 5.66 Å². The molecule has 3 heteroatoms. The second-order valence-corrected chi connectivity index (χ2v) is 12.8. The van der Waals surface area contributed by atoms with E-state index in [0.717, 1.165) is 19.4 Å². The Hall–Kier alpha value is -0.911. The molecule has 0 aromatic heterocycles. The van der Waals surface area contributed by atoms with Gasteiger partial charge in [0.05, 0.1) is 0 Å². The van der Waals surface area contributed by atoms with Crippen LogP contribution in [0.4, 0.5) is 0 Å². The topological polar surface area (TPSA) is 12.0 Å². The van der Waals surface area contributed by atoms with Crippen LogP contribution in [0.1, 0.15) is 11.1 Å². The average molecular weight is 376 g/mol. The van der Waals surface area contributed by atoms with E-state index < -0.39 is 5.66 Å². The number of hydrogen-bond donors (Lipinski definition) is 1. The molecule has 0 aliphatic carbocycles. The summed E-state index contributed by atoms with van der Waals surface area (Å²) in [6.07, 6.45) is 6.59. The van der Waals surface area contributed by atoms with Gasteiger partial charge in [0.2, 0.25) is 0 Å². The van der Waals surface area contributed by atoms with Gasteiger partial charge >= 0.3 is 142 Å². The fourth-order valence-corrected chi connectivity index (χ4v) is 6.27. The maximum absolute atomic E-state index is 3.84. The van der Waals surface area contributed by atoms with Gasteiger partial charge in [-0.2, -0.15) is 0 Å². The normalized spacial score (nSPS) is 11.3. The molecule has 1 N–H and O–H groups in total. The maximum atomic E-state index is 3.84. The molecule has 2 aromatic rings. The molecule has 0 saturated heterocycles. The number of aryl methyl sites for hydroxylation is 2. The predicted molar refractivity (Wildman–Crippen MR) is 101 cm³/mol. The molecule has 0 bridgehead atoms. The van der Waals surface area contributed by atoms with Crippen LogP contribution in [0, 0.1) is 0 Å². The molecule has 0 radical (unpaired) electrons. The van der Waals surface area contributed by atoms with Gasteiger partial charge in [-0.3, -0.25) is 0 Å². The zero-order valence-corrected chi connectivity index (χ0v) is 15.6. The van der Waals surface area contributed by atoms with Gasteiger partial charge in [-0.1, -0.05) is 0 Å². The van der Waals surface area contributed by atoms with Gasteiger partial charge in [-0.05, 0) is 0 Å². The Morgan fingerprint density at radius 3 is 1.73 bits per heavy atom. The van der Waals surface area contributed by atoms with Gasteiger partial charge < -0.3 is 0 Å². The van der Waals surface area contributed by atoms with Crippen molar-refractivity contribution >= 4 is 20.8 Å². The Morgan fingerprint density at radius 2 is 1.32 bits per heavy atom. The molecule has 0 saturated carbocycles. The minimum absolute atomic E-state index is 0.879. The number of rotatable bonds is 9. The molecular weight excluding hydrogens is 352 g/mol. The molecule has 2 aromatic carbocycles. The number of nitrogens with one attached hydrogen (secondary N) is 1. The monoisotopic (exact) mass is 377 g/mol. The number of hydrogen-bond acceptors (Lipinski definition) is 1. The van der Waals surface area contributed by atoms with Crippen LogP contribution in [0.5, 0.6) is 0 Å². The zero-order valence-electron chi connectivity index (χ0n) is 12.9. The van der Waals surface area contributed by atoms with E-state index >= 15 is 0 Å². The molecule has 2 rings (SSSR count). The Bertz CT molecular complexity index is 562. The van der Waals surface area contributed by atoms with Gasteiger partial charge in [0, 0.05) is 0 Å². The van der Waals surface area contributed by atoms with Gasteiger partial charge in [-0.15, -0.1) is 0 Å². The first-order valence-electron chi connectivity index (χ1n) is 7.74. The average Bonchev–Trinajstić information content (AvgIpc) is 2.59. The molecule has 1 nitrogen and oxygen atoms in total. The first-order chi connectivity index (χ1) is 10.7. The first kappa shape index (κ1) is 17.4. The van der Waals surface area contributed by atoms with Crippen molar-refractivity contribution in [3.63, 3.8) is 0 Å². The summed E-state index contributed by atoms with van der Waals surface area (Å²) in [6, 6.07) is 21.5. The predicted octanol–water partition coefficient (Wildman–Crippen LogP) is 4.26. The van der Waals surface area contributed by atoms with Crippen LogP contribution in [-0.4, -0.2) is 34.0 Å². The standard InChI is InChI=1S/C19H24NPSe/c1-2-15-20-21(22,16-13-18-9-5-3-6-10-18)17-14-19-11-7-4-8-12-19/h2-12H,1,13-17H2,(H,20,22). The fourth-order valence-electron chi connectivity index (χ4n) is 2.41. The molecule has 0 heterocycles. The summed E-state index contributed by atoms with van der Waals surface area (Å²) < 4.78 is 0. The third-order valence-electron chi connectivity index (χ3n) is 3.73. The van der Waals surface area contributed by atoms with Crippen LogP contribution in [0.15, 0.2) is 73.3 Å². The van der Waals surface area contributed by atoms with Gasteiger partial charge in [0.1, 0.15) is 0 Å². The second kappa shape index (κ2) is 9.28. The summed E-state index contributed by atoms with van der Waals surface area (Å²) in [6.45, 7) is 4.72. The summed E-state index contributed by atoms with van der Waals surface area (Å²) in [4.78, 5) is 0. The summed E-state index contributed by atoms with van der Waals surface area (Å²) in [5.41, 5.74) is 1.57. The van der Waals surface area contributed by atoms with Crippen molar-refractivity contribution in [3.8, 4) is 0 Å². The zero-order chi connectivity index (χ0) is 15.7. The summed E-state index contributed by atoms with van der Waals surface area (Å²) in [7, 11) is 0. The molecule has 0 aliphatic rings. The Morgan fingerprint density at radius 1 is 0.864 bits per heavy atom. The Labute approximate surface area is 142 Å². The van der Waals surface area contributed by atoms with Crippen LogP contribution in [0.2, 0.25) is 0 Å². The molecular formula is C19H24NPSe. The van der Waals surface area contributed by atoms with E-state index in [2.05, 4.69) is 87.4 Å². The third-order valence-corrected chi connectivity index (χ3v) is 9.49. The summed E-state index contributed by atoms with van der Waals surface area (Å²) in [5.74, 6) is 0. The summed E-state index contributed by atoms with van der Waals surface area (Å²) >= 11 is 3.52. The van der Waals surface area contributed by atoms with Crippen LogP contribution in [0.3, 0.4) is 0 Å². The molecule has 0 spiro atoms. The number of benzene rings is 2. The summed E-state index contributed by atoms with van der Waals surface area (Å²) in [5, 5.41) is 3.72. The van der Waals surface area contributed by atoms with Gasteiger partial charge in [-0.25, -0.2) is 0 Å². The van der Waals surface area contributed by atoms with Crippen LogP contribution in [0.25, 0.3) is 0 Å². The Kier molecular flexibility index (Phi) is 7.36. The third kappa shape index (κ3) is 6.07. The van der Waals surface area contributed by atoms with Gasteiger partial charge in [0.25, 0.3) is 0 Å². The van der Waals surface area contributed by atoms with Crippen molar-refractivity contribution in [1.29, 1.82) is 0 Å². The van der Waals surface area contributed by atoms with Crippen molar-refractivity contribution in [2.75, 3.05) is 18.9 Å². The minimum atomic E-state index is -1.26. The Balaban J connectivity index is 1.96. The van der Waals surface area contributed by atoms with E-state index in [1.807, 2.05) is 6.08 Å². The van der Waals surface area contributed by atoms with E-state index in [1.165, 1.54) is 23.5 Å². The van der Waals surface area contributed by atoms with Crippen molar-refractivity contribution in [1.82, 2.24) is 5.09 Å². The van der Waals surface area contributed by atoms with Crippen LogP contribution < -0.4 is 5.09 Å². The van der Waals surface area contributed by atoms with Crippen LogP contribution in [-0.2, 0) is 12.8 Å². The van der Waals surface area contributed by atoms with E-state index in [9.17, 15) is 0 Å². The van der Waals surface area contributed by atoms with Crippen molar-refractivity contribution in [2.45, 2.75) is 12.8 Å². The SMILES string of the molecule is C=CCNP(=[Se])(CCc1ccccc1)CCc1ccccc1. The van der Waals surface area contributed by atoms with E-state index in [0.29, 0.717) is 0 Å². The first-order valence-corrected chi connectivity index (χ1v) is 12.1. The quantitative estimate of drug-likeness (QED) is 0.392. The fraction of sp³-hybridized carbons (Fsp3) is 0.263. The van der Waals surface area contributed by atoms with Crippen molar-refractivity contribution in [3.05, 3.63) is 84.4 Å².